The van der Waals surface area contributed by atoms with Gasteiger partial charge >= 0.3 is 214 Å². The Labute approximate surface area is 779 Å². The number of rotatable bonds is 16. The van der Waals surface area contributed by atoms with Gasteiger partial charge in [0.15, 0.2) is 0 Å². The molecule has 0 aromatic carbocycles. The number of methoxy groups -OCH3 is 2. The van der Waals surface area contributed by atoms with Crippen LogP contribution >= 0.6 is 59.4 Å². The number of hydrogen-bond donors (Lipinski definition) is 3. The largest absolute Gasteiger partial charge is 1.00 e. The maximum absolute atomic E-state index is 11.7. The van der Waals surface area contributed by atoms with E-state index in [1.807, 2.05) is 95.2 Å². The number of aliphatic carboxylic acids is 1. The molecule has 579 valence electrons. The second-order valence-corrected chi connectivity index (χ2v) is 24.4. The Morgan fingerprint density at radius 1 is 0.551 bits per heavy atom. The average molecular weight is 1700 g/mol. The van der Waals surface area contributed by atoms with Crippen molar-refractivity contribution in [1.82, 2.24) is 0 Å². The first-order chi connectivity index (χ1) is 41.3. The van der Waals surface area contributed by atoms with Crippen LogP contribution < -0.4 is 194 Å². The summed E-state index contributed by atoms with van der Waals surface area (Å²) in [7, 11) is -0.453. The number of halogens is 2. The second kappa shape index (κ2) is 189. The monoisotopic (exact) mass is 1700 g/mol. The molecule has 0 bridgehead atoms. The predicted octanol–water partition coefficient (Wildman–Crippen LogP) is 2.22. The molecule has 0 unspecified atom stereocenters. The molecule has 0 aromatic rings. The van der Waals surface area contributed by atoms with Crippen LogP contribution in [0.2, 0.25) is 0 Å². The summed E-state index contributed by atoms with van der Waals surface area (Å²) in [5, 5.41) is 42.0. The minimum absolute atomic E-state index is 0. The predicted molar refractivity (Wildman–Crippen MR) is 412 cm³/mol. The van der Waals surface area contributed by atoms with Crippen molar-refractivity contribution in [2.75, 3.05) is 96.7 Å². The minimum atomic E-state index is -2.24. The van der Waals surface area contributed by atoms with Gasteiger partial charge in [-0.2, -0.15) is 0 Å². The van der Waals surface area contributed by atoms with E-state index in [0.717, 1.165) is 48.8 Å². The standard InChI is InChI=1S/2C8H17O3P.C6H10O2.C5H8O2.C4H6O2.C4H9O.C4H8.C3H8O.C3H6O.C3H6S.C2H5Br.C2H6O.3C2H4O.C2H6.CH2O3.CH4O.3CH4.B.BrH.3K.Na.2H/c2*1-4-11-8(9)7-12(10,5-2)6-3;1-3-5-6(7)8-4-2;1-3-4-5(6)7-2;1-2-3-4(5)6;1-4(2,3)5;2*1-3-4-2;2*1-3(2)4;5*1-2-3;1-2;2-1-4-3;1-2;;;;;;;;;;;/h2*4-7H2,1-3H3;3,5H,4H2,1-2H3;3-4H,1-2H3;2-3H,1H3,(H,5,6);1-3H3;3-4H,1-2H3;3H2,1-2H3;2*1-2H3;2H2,1H3;3H,2H2,1H3;3*2H,1H3;1-2H3;1,3H;2H,1H3;3*1H4;;1H;;;;;;/q;;;;;-1;;;;;;;;;;;;;;;;;;4*+1;2*-1/p-1/b;;5-3+;4-3+;3-2+;;;;;;;;;;;;;;;;;;;;;;;;. The maximum atomic E-state index is 11.7. The number of thiocarbonyl (C=S) groups is 1. The van der Waals surface area contributed by atoms with E-state index in [1.165, 1.54) is 60.0 Å². The van der Waals surface area contributed by atoms with E-state index in [1.54, 1.807) is 88.5 Å². The third-order valence-electron chi connectivity index (χ3n) is 5.81. The van der Waals surface area contributed by atoms with Crippen LogP contribution in [-0.2, 0) is 85.6 Å². The molecule has 33 heteroatoms. The summed E-state index contributed by atoms with van der Waals surface area (Å²) in [6.07, 6.45) is 17.4. The number of hydrogen-bond acceptors (Lipinski definition) is 23. The molecule has 0 aliphatic heterocycles. The molecule has 0 aliphatic carbocycles. The minimum Gasteiger partial charge on any atom is -1.00 e. The van der Waals surface area contributed by atoms with Gasteiger partial charge in [-0.25, -0.2) is 14.4 Å². The van der Waals surface area contributed by atoms with E-state index in [4.69, 9.17) is 49.2 Å². The number of allylic oxidation sites excluding steroid dienone is 5. The van der Waals surface area contributed by atoms with Gasteiger partial charge in [-0.15, -0.1) is 22.6 Å². The van der Waals surface area contributed by atoms with E-state index < -0.39 is 25.9 Å². The zero-order valence-electron chi connectivity index (χ0n) is 67.6. The van der Waals surface area contributed by atoms with E-state index in [0.29, 0.717) is 44.5 Å². The zero-order valence-corrected chi connectivity index (χ0v) is 82.9. The van der Waals surface area contributed by atoms with Crippen molar-refractivity contribution >= 4 is 134 Å². The molecule has 0 saturated heterocycles. The summed E-state index contributed by atoms with van der Waals surface area (Å²) in [6.45, 7) is 49.7. The van der Waals surface area contributed by atoms with Crippen molar-refractivity contribution < 1.29 is 298 Å². The number of carbonyl (C=O) groups excluding carboxylic acids is 9. The Hall–Kier alpha value is 1.74. The van der Waals surface area contributed by atoms with Gasteiger partial charge in [-0.05, 0) is 147 Å². The van der Waals surface area contributed by atoms with Crippen LogP contribution in [0.4, 0.5) is 0 Å². The van der Waals surface area contributed by atoms with Gasteiger partial charge in [0, 0.05) is 59.4 Å². The summed E-state index contributed by atoms with van der Waals surface area (Å²) < 4.78 is 46.3. The van der Waals surface area contributed by atoms with Gasteiger partial charge in [-0.3, -0.25) is 14.4 Å². The normalized spacial score (nSPS) is 7.74. The van der Waals surface area contributed by atoms with Crippen molar-refractivity contribution in [3.8, 4) is 0 Å². The Balaban J connectivity index is -0.0000000201. The molecule has 3 radical (unpaired) electrons. The molecule has 0 saturated carbocycles. The Bertz CT molecular complexity index is 1600. The Morgan fingerprint density at radius 3 is 0.806 bits per heavy atom. The summed E-state index contributed by atoms with van der Waals surface area (Å²) in [4.78, 5) is 100. The molecule has 3 N–H and O–H groups in total. The van der Waals surface area contributed by atoms with Crippen LogP contribution in [0.25, 0.3) is 0 Å². The number of aliphatic hydroxyl groups excluding tert-OH is 2. The molecular weight excluding hydrogens is 1550 g/mol. The van der Waals surface area contributed by atoms with Gasteiger partial charge in [0.25, 0.3) is 6.47 Å². The number of esters is 4. The van der Waals surface area contributed by atoms with E-state index in [2.05, 4.69) is 47.2 Å². The van der Waals surface area contributed by atoms with E-state index in [-0.39, 0.29) is 289 Å². The first-order valence-corrected chi connectivity index (χ1v) is 34.4. The molecule has 0 fully saturated rings. The zero-order chi connectivity index (χ0) is 75.8. The van der Waals surface area contributed by atoms with Crippen molar-refractivity contribution in [2.45, 2.75) is 215 Å². The topological polar surface area (TPSA) is 367 Å². The van der Waals surface area contributed by atoms with Crippen LogP contribution in [0, 0.1) is 0 Å². The molecule has 0 atom stereocenters. The third-order valence-corrected chi connectivity index (χ3v) is 12.1. The molecule has 0 spiro atoms. The Morgan fingerprint density at radius 2 is 0.724 bits per heavy atom. The second-order valence-electron chi connectivity index (χ2n) is 15.1. The fraction of sp³-hybridized carbons (Fsp3) is 0.708. The van der Waals surface area contributed by atoms with Crippen LogP contribution in [-0.4, -0.2) is 192 Å². The van der Waals surface area contributed by atoms with Gasteiger partial charge in [0.2, 0.25) is 0 Å². The molecule has 98 heavy (non-hydrogen) atoms. The van der Waals surface area contributed by atoms with Gasteiger partial charge in [0.05, 0.1) is 53.5 Å². The molecule has 0 rings (SSSR count). The third kappa shape index (κ3) is 419. The number of carboxylic acids is 1. The summed E-state index contributed by atoms with van der Waals surface area (Å²) in [5.74, 6) is -1.95. The SMILES string of the molecule is Br.C.C.C.C/C=C/C(=O)O.C/C=C/C(=O)OC.C/C=C/C(=O)OCC.CC.CC(C)(C)[O-].CC(C)=O.CC(C)=S.CC=CC.CC=O.CC=O.CC=O.CCBr.CCO.CCOC.CCOC(=O)CP(=O)(CC)CC.CCOC(=O)CP(=O)(CC)CC.CO.O=CO[O-].[B].[H-].[H-].[K+].[K+].[K+].[Na+]. The van der Waals surface area contributed by atoms with Crippen LogP contribution in [0.1, 0.15) is 212 Å². The molecule has 23 nitrogen and oxygen atoms in total. The molecule has 0 aliphatic rings. The molecule has 0 aromatic heterocycles. The fourth-order valence-electron chi connectivity index (χ4n) is 2.45. The summed E-state index contributed by atoms with van der Waals surface area (Å²) >= 11 is 7.68. The first kappa shape index (κ1) is 184. The number of aliphatic hydroxyl groups is 2. The van der Waals surface area contributed by atoms with E-state index >= 15 is 0 Å². The van der Waals surface area contributed by atoms with Crippen molar-refractivity contribution in [3.63, 3.8) is 0 Å². The molecular formula is C65H144BBr2K3NaO23P2S. The van der Waals surface area contributed by atoms with Crippen LogP contribution in [0.3, 0.4) is 0 Å². The van der Waals surface area contributed by atoms with Crippen molar-refractivity contribution in [1.29, 1.82) is 0 Å². The smallest absolute Gasteiger partial charge is 1.00 e. The number of alkyl halides is 1. The van der Waals surface area contributed by atoms with Gasteiger partial charge in [-0.1, -0.05) is 150 Å². The van der Waals surface area contributed by atoms with Crippen molar-refractivity contribution in [2.24, 2.45) is 0 Å². The van der Waals surface area contributed by atoms with Crippen LogP contribution in [0.5, 0.6) is 0 Å². The number of carbonyl (C=O) groups is 10. The average Bonchev–Trinajstić information content (AvgIpc) is 3.45. The van der Waals surface area contributed by atoms with Crippen LogP contribution in [0.15, 0.2) is 48.6 Å². The van der Waals surface area contributed by atoms with E-state index in [9.17, 15) is 43.0 Å². The number of carboxylic acid groups (broad SMARTS) is 1. The van der Waals surface area contributed by atoms with Gasteiger partial charge < -0.3 is 85.4 Å². The number of Topliss-reactive ketones (excluding diaryl/α,β-unsaturated/α-hetero) is 1. The van der Waals surface area contributed by atoms with Crippen molar-refractivity contribution in [3.05, 3.63) is 48.6 Å². The Kier molecular flexibility index (Phi) is 354. The first-order valence-electron chi connectivity index (χ1n) is 28.4. The summed E-state index contributed by atoms with van der Waals surface area (Å²) in [6, 6.07) is 0. The number of aldehydes is 3. The maximum Gasteiger partial charge on any atom is 1.00 e. The number of ketones is 1. The molecule has 0 heterocycles. The summed E-state index contributed by atoms with van der Waals surface area (Å²) in [5.41, 5.74) is -0.750. The van der Waals surface area contributed by atoms with Gasteiger partial charge in [0.1, 0.15) is 24.6 Å². The molecule has 0 amide bonds. The fourth-order valence-corrected chi connectivity index (χ4v) is 5.36. The quantitative estimate of drug-likeness (QED) is 0.0170. The number of ether oxygens (including phenoxy) is 5.